The molecule has 1 unspecified atom stereocenters. The summed E-state index contributed by atoms with van der Waals surface area (Å²) < 4.78 is 80.8. The number of fused-ring (bicyclic) bond motifs is 1. The number of hydrogen-bond acceptors (Lipinski definition) is 9. The lowest BCUT2D eigenvalue weighted by Crippen LogP contribution is -2.46. The summed E-state index contributed by atoms with van der Waals surface area (Å²) in [6.45, 7) is 1.96. The Balaban J connectivity index is 1.49. The van der Waals surface area contributed by atoms with Gasteiger partial charge in [-0.25, -0.2) is 13.1 Å². The first-order valence-electron chi connectivity index (χ1n) is 13.9. The van der Waals surface area contributed by atoms with Crippen LogP contribution in [0.25, 0.3) is 0 Å². The Hall–Kier alpha value is -2.46. The molecule has 10 nitrogen and oxygen atoms in total. The molecule has 2 aliphatic heterocycles. The SMILES string of the molecule is O=S1(=O)NC[C@H](O)CN(Cc2cccc(C(F)(F)F)c2)CC2(COc3cc(N4CCOCC4)ccc31)C[C@@H](O)[C@@H](O)C2. The van der Waals surface area contributed by atoms with Crippen molar-refractivity contribution in [2.24, 2.45) is 5.41 Å². The lowest BCUT2D eigenvalue weighted by atomic mass is 9.85. The zero-order chi connectivity index (χ0) is 30.1. The fourth-order valence-electron chi connectivity index (χ4n) is 6.03. The van der Waals surface area contributed by atoms with Crippen molar-refractivity contribution in [1.82, 2.24) is 9.62 Å². The molecule has 1 spiro atoms. The summed E-state index contributed by atoms with van der Waals surface area (Å²) in [5.41, 5.74) is -0.602. The van der Waals surface area contributed by atoms with Gasteiger partial charge in [-0.2, -0.15) is 13.2 Å². The second-order valence-corrected chi connectivity index (χ2v) is 13.2. The minimum Gasteiger partial charge on any atom is -0.491 e. The summed E-state index contributed by atoms with van der Waals surface area (Å²) in [6, 6.07) is 9.64. The molecule has 5 rings (SSSR count). The van der Waals surface area contributed by atoms with E-state index in [4.69, 9.17) is 9.47 Å². The van der Waals surface area contributed by atoms with E-state index in [1.807, 2.05) is 4.90 Å². The monoisotopic (exact) mass is 615 g/mol. The third-order valence-corrected chi connectivity index (χ3v) is 9.52. The summed E-state index contributed by atoms with van der Waals surface area (Å²) in [5, 5.41) is 31.9. The van der Waals surface area contributed by atoms with Crippen LogP contribution in [0, 0.1) is 5.41 Å². The van der Waals surface area contributed by atoms with E-state index in [0.29, 0.717) is 31.9 Å². The normalized spacial score (nSPS) is 29.4. The van der Waals surface area contributed by atoms with Gasteiger partial charge in [0.2, 0.25) is 10.0 Å². The highest BCUT2D eigenvalue weighted by Gasteiger charge is 2.46. The molecule has 4 N–H and O–H groups in total. The molecule has 1 saturated carbocycles. The van der Waals surface area contributed by atoms with E-state index < -0.39 is 45.5 Å². The number of aliphatic hydroxyl groups excluding tert-OH is 3. The molecule has 0 bridgehead atoms. The van der Waals surface area contributed by atoms with Gasteiger partial charge in [0.1, 0.15) is 10.6 Å². The highest BCUT2D eigenvalue weighted by Crippen LogP contribution is 2.42. The van der Waals surface area contributed by atoms with E-state index in [1.165, 1.54) is 12.1 Å². The van der Waals surface area contributed by atoms with Crippen molar-refractivity contribution in [2.75, 3.05) is 57.4 Å². The topological polar surface area (TPSA) is 132 Å². The average Bonchev–Trinajstić information content (AvgIpc) is 3.22. The third kappa shape index (κ3) is 7.18. The van der Waals surface area contributed by atoms with E-state index >= 15 is 0 Å². The molecular formula is C28H36F3N3O7S. The molecule has 2 heterocycles. The van der Waals surface area contributed by atoms with Crippen LogP contribution < -0.4 is 14.4 Å². The van der Waals surface area contributed by atoms with Crippen LogP contribution in [0.4, 0.5) is 18.9 Å². The molecule has 1 aliphatic carbocycles. The molecule has 0 aromatic heterocycles. The smallest absolute Gasteiger partial charge is 0.416 e. The molecule has 2 fully saturated rings. The Bertz CT molecular complexity index is 1340. The second-order valence-electron chi connectivity index (χ2n) is 11.4. The standard InChI is InChI=1S/C28H36F3N3O7S/c29-28(30,31)20-3-1-2-19(10-20)15-33-16-22(35)14-32-42(38,39)26-5-4-21(34-6-8-40-9-7-34)11-25(26)41-18-27(17-33)12-23(36)24(37)13-27/h1-5,10-11,22-24,32,35-37H,6-9,12-18H2/t22-,23-,24+,27?/m0/s1. The molecule has 2 aromatic carbocycles. The van der Waals surface area contributed by atoms with Gasteiger partial charge in [-0.05, 0) is 36.6 Å². The van der Waals surface area contributed by atoms with Gasteiger partial charge in [0.15, 0.2) is 0 Å². The van der Waals surface area contributed by atoms with Crippen molar-refractivity contribution in [3.05, 3.63) is 53.6 Å². The van der Waals surface area contributed by atoms with Gasteiger partial charge in [0.25, 0.3) is 0 Å². The Labute approximate surface area is 242 Å². The zero-order valence-corrected chi connectivity index (χ0v) is 23.8. The number of aliphatic hydroxyl groups is 3. The molecule has 14 heteroatoms. The summed E-state index contributed by atoms with van der Waals surface area (Å²) in [6.07, 6.45) is -7.62. The summed E-state index contributed by atoms with van der Waals surface area (Å²) in [4.78, 5) is 3.65. The third-order valence-electron chi connectivity index (χ3n) is 8.05. The van der Waals surface area contributed by atoms with Crippen molar-refractivity contribution < 1.29 is 46.4 Å². The Morgan fingerprint density at radius 1 is 1.02 bits per heavy atom. The van der Waals surface area contributed by atoms with Crippen molar-refractivity contribution in [2.45, 2.75) is 48.8 Å². The van der Waals surface area contributed by atoms with E-state index in [2.05, 4.69) is 4.72 Å². The molecule has 2 aromatic rings. The number of hydrogen-bond donors (Lipinski definition) is 4. The first-order chi connectivity index (χ1) is 19.8. The Morgan fingerprint density at radius 2 is 1.74 bits per heavy atom. The molecule has 4 atom stereocenters. The van der Waals surface area contributed by atoms with Crippen LogP contribution in [-0.2, 0) is 27.5 Å². The average molecular weight is 616 g/mol. The maximum absolute atomic E-state index is 13.4. The number of nitrogens with zero attached hydrogens (tertiary/aromatic N) is 2. The van der Waals surface area contributed by atoms with Gasteiger partial charge in [0.05, 0.1) is 43.7 Å². The lowest BCUT2D eigenvalue weighted by molar-refractivity contribution is -0.137. The van der Waals surface area contributed by atoms with Gasteiger partial charge in [-0.1, -0.05) is 18.2 Å². The quantitative estimate of drug-likeness (QED) is 0.407. The van der Waals surface area contributed by atoms with Crippen LogP contribution in [0.15, 0.2) is 47.4 Å². The number of halogens is 3. The number of rotatable bonds is 3. The number of sulfonamides is 1. The molecule has 0 radical (unpaired) electrons. The number of nitrogens with one attached hydrogen (secondary N) is 1. The maximum Gasteiger partial charge on any atom is 0.416 e. The fourth-order valence-corrected chi connectivity index (χ4v) is 7.22. The number of benzene rings is 2. The highest BCUT2D eigenvalue weighted by molar-refractivity contribution is 7.89. The van der Waals surface area contributed by atoms with Crippen LogP contribution in [-0.4, -0.2) is 99.5 Å². The molecule has 232 valence electrons. The summed E-state index contributed by atoms with van der Waals surface area (Å²) in [5.74, 6) is 0.0845. The number of β-amino-alcohol motifs (C(OH)–C–C–N with tert-alkyl or cyclic N) is 1. The van der Waals surface area contributed by atoms with E-state index in [1.54, 1.807) is 23.1 Å². The van der Waals surface area contributed by atoms with E-state index in [0.717, 1.165) is 17.8 Å². The van der Waals surface area contributed by atoms with Crippen LogP contribution in [0.2, 0.25) is 0 Å². The van der Waals surface area contributed by atoms with Gasteiger partial charge in [0, 0.05) is 56.4 Å². The van der Waals surface area contributed by atoms with Crippen molar-refractivity contribution in [3.63, 3.8) is 0 Å². The minimum atomic E-state index is -4.53. The van der Waals surface area contributed by atoms with Crippen LogP contribution in [0.5, 0.6) is 5.75 Å². The molecule has 3 aliphatic rings. The van der Waals surface area contributed by atoms with Gasteiger partial charge >= 0.3 is 6.18 Å². The minimum absolute atomic E-state index is 0.0133. The highest BCUT2D eigenvalue weighted by atomic mass is 32.2. The van der Waals surface area contributed by atoms with E-state index in [9.17, 15) is 36.9 Å². The van der Waals surface area contributed by atoms with E-state index in [-0.39, 0.29) is 56.3 Å². The molecule has 42 heavy (non-hydrogen) atoms. The van der Waals surface area contributed by atoms with Crippen LogP contribution in [0.1, 0.15) is 24.0 Å². The Kier molecular flexibility index (Phi) is 9.05. The first kappa shape index (κ1) is 31.0. The summed E-state index contributed by atoms with van der Waals surface area (Å²) >= 11 is 0. The zero-order valence-electron chi connectivity index (χ0n) is 23.0. The van der Waals surface area contributed by atoms with Crippen molar-refractivity contribution in [3.8, 4) is 5.75 Å². The largest absolute Gasteiger partial charge is 0.491 e. The molecular weight excluding hydrogens is 579 g/mol. The van der Waals surface area contributed by atoms with Gasteiger partial charge in [-0.3, -0.25) is 4.90 Å². The predicted octanol–water partition coefficient (Wildman–Crippen LogP) is 1.58. The van der Waals surface area contributed by atoms with Crippen LogP contribution in [0.3, 0.4) is 0 Å². The summed E-state index contributed by atoms with van der Waals surface area (Å²) in [7, 11) is -4.13. The van der Waals surface area contributed by atoms with Gasteiger partial charge < -0.3 is 29.7 Å². The number of ether oxygens (including phenoxy) is 2. The van der Waals surface area contributed by atoms with Crippen molar-refractivity contribution in [1.29, 1.82) is 0 Å². The van der Waals surface area contributed by atoms with Crippen molar-refractivity contribution >= 4 is 15.7 Å². The fraction of sp³-hybridized carbons (Fsp3) is 0.571. The predicted molar refractivity (Wildman–Crippen MR) is 147 cm³/mol. The first-order valence-corrected chi connectivity index (χ1v) is 15.3. The van der Waals surface area contributed by atoms with Crippen LogP contribution >= 0.6 is 0 Å². The number of morpholine rings is 1. The number of alkyl halides is 3. The molecule has 0 amide bonds. The second kappa shape index (κ2) is 12.3. The molecule has 1 saturated heterocycles. The maximum atomic E-state index is 13.4. The lowest BCUT2D eigenvalue weighted by Gasteiger charge is -2.37. The number of anilines is 1. The van der Waals surface area contributed by atoms with Gasteiger partial charge in [-0.15, -0.1) is 0 Å². The Morgan fingerprint density at radius 3 is 2.43 bits per heavy atom.